The van der Waals surface area contributed by atoms with E-state index in [0.29, 0.717) is 0 Å². The van der Waals surface area contributed by atoms with E-state index in [9.17, 15) is 0 Å². The van der Waals surface area contributed by atoms with E-state index >= 15 is 0 Å². The fourth-order valence-corrected chi connectivity index (χ4v) is 1.75. The second-order valence-electron chi connectivity index (χ2n) is 2.97. The number of nitrogens with zero attached hydrogens (tertiary/aromatic N) is 2. The van der Waals surface area contributed by atoms with Crippen LogP contribution in [0.5, 0.6) is 0 Å². The van der Waals surface area contributed by atoms with Crippen LogP contribution in [0.15, 0.2) is 41.8 Å². The summed E-state index contributed by atoms with van der Waals surface area (Å²) in [7, 11) is 0. The lowest BCUT2D eigenvalue weighted by Crippen LogP contribution is -1.86. The molecule has 76 valence electrons. The third-order valence-electron chi connectivity index (χ3n) is 1.97. The van der Waals surface area contributed by atoms with Crippen LogP contribution in [0.25, 0.3) is 11.1 Å². The van der Waals surface area contributed by atoms with E-state index in [4.69, 9.17) is 11.6 Å². The lowest BCUT2D eigenvalue weighted by molar-refractivity contribution is 0.973. The highest BCUT2D eigenvalue weighted by atomic mass is 35.5. The van der Waals surface area contributed by atoms with Crippen molar-refractivity contribution in [2.24, 2.45) is 0 Å². The maximum absolute atomic E-state index is 5.91. The van der Waals surface area contributed by atoms with Gasteiger partial charge in [-0.25, -0.2) is 9.97 Å². The van der Waals surface area contributed by atoms with Crippen LogP contribution in [0.2, 0.25) is 5.02 Å². The minimum Gasteiger partial charge on any atom is -0.230 e. The highest BCUT2D eigenvalue weighted by Gasteiger charge is 2.00. The summed E-state index contributed by atoms with van der Waals surface area (Å²) in [5.74, 6) is 0. The Morgan fingerprint density at radius 2 is 1.87 bits per heavy atom. The minimum absolute atomic E-state index is 0.724. The van der Waals surface area contributed by atoms with Crippen LogP contribution < -0.4 is 0 Å². The van der Waals surface area contributed by atoms with Gasteiger partial charge in [-0.1, -0.05) is 35.5 Å². The maximum Gasteiger partial charge on any atom is 0.187 e. The molecular weight excluding hydrogens is 228 g/mol. The Labute approximate surface area is 97.7 Å². The van der Waals surface area contributed by atoms with Crippen LogP contribution in [0, 0.1) is 0 Å². The third-order valence-corrected chi connectivity index (χ3v) is 2.78. The van der Waals surface area contributed by atoms with Crippen LogP contribution in [0.4, 0.5) is 0 Å². The molecule has 0 aliphatic carbocycles. The average molecular weight is 237 g/mol. The molecule has 0 fully saturated rings. The summed E-state index contributed by atoms with van der Waals surface area (Å²) in [6.45, 7) is 0. The van der Waals surface area contributed by atoms with E-state index in [1.807, 2.05) is 42.9 Å². The van der Waals surface area contributed by atoms with Crippen molar-refractivity contribution in [3.8, 4) is 11.1 Å². The summed E-state index contributed by atoms with van der Waals surface area (Å²) in [6.07, 6.45) is 5.57. The lowest BCUT2D eigenvalue weighted by atomic mass is 10.1. The molecule has 15 heavy (non-hydrogen) atoms. The zero-order valence-electron chi connectivity index (χ0n) is 8.14. The van der Waals surface area contributed by atoms with Crippen LogP contribution in [0.1, 0.15) is 0 Å². The quantitative estimate of drug-likeness (QED) is 0.590. The molecule has 0 radical (unpaired) electrons. The molecule has 2 rings (SSSR count). The molecule has 1 aromatic carbocycles. The summed E-state index contributed by atoms with van der Waals surface area (Å²) in [4.78, 5) is 8.42. The third kappa shape index (κ3) is 2.49. The topological polar surface area (TPSA) is 25.8 Å². The predicted molar refractivity (Wildman–Crippen MR) is 64.3 cm³/mol. The number of thioether (sulfide) groups is 1. The predicted octanol–water partition coefficient (Wildman–Crippen LogP) is 3.52. The summed E-state index contributed by atoms with van der Waals surface area (Å²) in [5, 5.41) is 1.50. The largest absolute Gasteiger partial charge is 0.230 e. The van der Waals surface area contributed by atoms with E-state index in [2.05, 4.69) is 9.97 Å². The molecule has 0 aliphatic heterocycles. The van der Waals surface area contributed by atoms with Crippen molar-refractivity contribution in [3.63, 3.8) is 0 Å². The number of aromatic nitrogens is 2. The van der Waals surface area contributed by atoms with Crippen molar-refractivity contribution in [2.45, 2.75) is 5.16 Å². The highest BCUT2D eigenvalue weighted by Crippen LogP contribution is 2.22. The van der Waals surface area contributed by atoms with Gasteiger partial charge in [0, 0.05) is 23.0 Å². The van der Waals surface area contributed by atoms with Crippen molar-refractivity contribution < 1.29 is 0 Å². The van der Waals surface area contributed by atoms with Gasteiger partial charge in [-0.05, 0) is 24.0 Å². The number of hydrogen-bond acceptors (Lipinski definition) is 3. The van der Waals surface area contributed by atoms with Gasteiger partial charge < -0.3 is 0 Å². The normalized spacial score (nSPS) is 10.3. The van der Waals surface area contributed by atoms with Gasteiger partial charge in [0.15, 0.2) is 5.16 Å². The Kier molecular flexibility index (Phi) is 3.23. The second-order valence-corrected chi connectivity index (χ2v) is 4.18. The van der Waals surface area contributed by atoms with E-state index in [-0.39, 0.29) is 0 Å². The standard InChI is InChI=1S/C11H9ClN2S/c1-15-11-13-6-9(7-14-11)8-3-2-4-10(12)5-8/h2-7H,1H3. The Morgan fingerprint density at radius 3 is 2.47 bits per heavy atom. The van der Waals surface area contributed by atoms with Crippen LogP contribution >= 0.6 is 23.4 Å². The molecule has 0 atom stereocenters. The van der Waals surface area contributed by atoms with E-state index in [0.717, 1.165) is 21.3 Å². The van der Waals surface area contributed by atoms with Gasteiger partial charge >= 0.3 is 0 Å². The molecule has 1 heterocycles. The van der Waals surface area contributed by atoms with Crippen LogP contribution in [-0.4, -0.2) is 16.2 Å². The first-order chi connectivity index (χ1) is 7.29. The molecule has 0 saturated carbocycles. The molecule has 4 heteroatoms. The smallest absolute Gasteiger partial charge is 0.187 e. The Morgan fingerprint density at radius 1 is 1.13 bits per heavy atom. The van der Waals surface area contributed by atoms with Gasteiger partial charge in [-0.3, -0.25) is 0 Å². The van der Waals surface area contributed by atoms with Gasteiger partial charge in [0.25, 0.3) is 0 Å². The molecule has 0 bridgehead atoms. The number of halogens is 1. The summed E-state index contributed by atoms with van der Waals surface area (Å²) < 4.78 is 0. The molecule has 0 saturated heterocycles. The number of benzene rings is 1. The average Bonchev–Trinajstić information content (AvgIpc) is 2.29. The number of rotatable bonds is 2. The fourth-order valence-electron chi connectivity index (χ4n) is 1.24. The van der Waals surface area contributed by atoms with E-state index in [1.165, 1.54) is 11.8 Å². The summed E-state index contributed by atoms with van der Waals surface area (Å²) >= 11 is 7.44. The molecule has 2 aromatic rings. The van der Waals surface area contributed by atoms with E-state index < -0.39 is 0 Å². The van der Waals surface area contributed by atoms with Crippen molar-refractivity contribution in [1.29, 1.82) is 0 Å². The van der Waals surface area contributed by atoms with Gasteiger partial charge in [0.05, 0.1) is 0 Å². The summed E-state index contributed by atoms with van der Waals surface area (Å²) in [5.41, 5.74) is 2.02. The van der Waals surface area contributed by atoms with Crippen LogP contribution in [0.3, 0.4) is 0 Å². The minimum atomic E-state index is 0.724. The highest BCUT2D eigenvalue weighted by molar-refractivity contribution is 7.98. The molecule has 1 aromatic heterocycles. The van der Waals surface area contributed by atoms with Gasteiger partial charge in [-0.15, -0.1) is 0 Å². The van der Waals surface area contributed by atoms with Crippen LogP contribution in [-0.2, 0) is 0 Å². The molecule has 0 unspecified atom stereocenters. The van der Waals surface area contributed by atoms with Crippen molar-refractivity contribution in [3.05, 3.63) is 41.7 Å². The molecule has 0 spiro atoms. The molecule has 0 N–H and O–H groups in total. The first-order valence-electron chi connectivity index (χ1n) is 4.41. The Hall–Kier alpha value is -1.06. The monoisotopic (exact) mass is 236 g/mol. The van der Waals surface area contributed by atoms with Crippen molar-refractivity contribution in [2.75, 3.05) is 6.26 Å². The van der Waals surface area contributed by atoms with Gasteiger partial charge in [0.2, 0.25) is 0 Å². The molecule has 0 amide bonds. The lowest BCUT2D eigenvalue weighted by Gasteiger charge is -2.01. The first-order valence-corrected chi connectivity index (χ1v) is 6.02. The maximum atomic E-state index is 5.91. The van der Waals surface area contributed by atoms with Gasteiger partial charge in [0.1, 0.15) is 0 Å². The zero-order chi connectivity index (χ0) is 10.7. The Balaban J connectivity index is 2.37. The summed E-state index contributed by atoms with van der Waals surface area (Å²) in [6, 6.07) is 7.66. The second kappa shape index (κ2) is 4.64. The van der Waals surface area contributed by atoms with Gasteiger partial charge in [-0.2, -0.15) is 0 Å². The number of hydrogen-bond donors (Lipinski definition) is 0. The zero-order valence-corrected chi connectivity index (χ0v) is 9.72. The SMILES string of the molecule is CSc1ncc(-c2cccc(Cl)c2)cn1. The first kappa shape index (κ1) is 10.5. The fraction of sp³-hybridized carbons (Fsp3) is 0.0909. The Bertz CT molecular complexity index is 456. The van der Waals surface area contributed by atoms with Crippen molar-refractivity contribution in [1.82, 2.24) is 9.97 Å². The molecular formula is C11H9ClN2S. The molecule has 2 nitrogen and oxygen atoms in total. The van der Waals surface area contributed by atoms with Crippen molar-refractivity contribution >= 4 is 23.4 Å². The van der Waals surface area contributed by atoms with E-state index in [1.54, 1.807) is 0 Å². The molecule has 0 aliphatic rings.